The molecule has 7 N–H and O–H groups in total. The summed E-state index contributed by atoms with van der Waals surface area (Å²) in [5.74, 6) is -1.45. The van der Waals surface area contributed by atoms with E-state index >= 15 is 0 Å². The van der Waals surface area contributed by atoms with Gasteiger partial charge in [-0.3, -0.25) is 10.2 Å². The topological polar surface area (TPSA) is 157 Å². The van der Waals surface area contributed by atoms with Crippen molar-refractivity contribution >= 4 is 17.8 Å². The van der Waals surface area contributed by atoms with Gasteiger partial charge in [-0.25, -0.2) is 9.78 Å². The summed E-state index contributed by atoms with van der Waals surface area (Å²) in [5.41, 5.74) is 7.99. The zero-order valence-electron chi connectivity index (χ0n) is 18.3. The molecule has 1 atom stereocenters. The quantitative estimate of drug-likeness (QED) is 0.159. The molecular formula is C24H28N6O3. The van der Waals surface area contributed by atoms with E-state index in [9.17, 15) is 14.7 Å². The summed E-state index contributed by atoms with van der Waals surface area (Å²) in [6.45, 7) is 2.06. The van der Waals surface area contributed by atoms with Gasteiger partial charge in [0.05, 0.1) is 11.6 Å². The molecule has 9 heteroatoms. The lowest BCUT2D eigenvalue weighted by molar-refractivity contribution is -0.139. The third kappa shape index (κ3) is 6.19. The second-order valence-corrected chi connectivity index (χ2v) is 7.68. The summed E-state index contributed by atoms with van der Waals surface area (Å²) >= 11 is 0. The van der Waals surface area contributed by atoms with Crippen molar-refractivity contribution in [1.29, 1.82) is 5.41 Å². The molecular weight excluding hydrogens is 420 g/mol. The normalized spacial score (nSPS) is 11.7. The minimum Gasteiger partial charge on any atom is -0.480 e. The van der Waals surface area contributed by atoms with Crippen LogP contribution in [0.4, 0.5) is 0 Å². The lowest BCUT2D eigenvalue weighted by Gasteiger charge is -2.16. The average Bonchev–Trinajstić information content (AvgIpc) is 3.18. The fourth-order valence-corrected chi connectivity index (χ4v) is 3.66. The first-order valence-electron chi connectivity index (χ1n) is 10.6. The number of carbonyl (C=O) groups is 2. The van der Waals surface area contributed by atoms with E-state index in [1.807, 2.05) is 60.7 Å². The number of carbonyl (C=O) groups excluding carboxylic acids is 1. The fraction of sp³-hybridized carbons (Fsp3) is 0.250. The molecule has 3 aromatic rings. The molecule has 0 saturated carbocycles. The van der Waals surface area contributed by atoms with Crippen LogP contribution in [0.3, 0.4) is 0 Å². The van der Waals surface area contributed by atoms with Gasteiger partial charge in [0.1, 0.15) is 17.6 Å². The first-order chi connectivity index (χ1) is 15.9. The number of rotatable bonds is 10. The van der Waals surface area contributed by atoms with E-state index in [0.29, 0.717) is 24.5 Å². The number of guanidine groups is 1. The van der Waals surface area contributed by atoms with E-state index in [-0.39, 0.29) is 24.0 Å². The van der Waals surface area contributed by atoms with Crippen molar-refractivity contribution in [3.63, 3.8) is 0 Å². The van der Waals surface area contributed by atoms with Gasteiger partial charge in [-0.1, -0.05) is 60.7 Å². The maximum atomic E-state index is 12.9. The van der Waals surface area contributed by atoms with Gasteiger partial charge in [-0.15, -0.1) is 0 Å². The van der Waals surface area contributed by atoms with Gasteiger partial charge in [-0.05, 0) is 30.9 Å². The summed E-state index contributed by atoms with van der Waals surface area (Å²) < 4.78 is 0. The summed E-state index contributed by atoms with van der Waals surface area (Å²) in [7, 11) is 0. The Balaban J connectivity index is 1.82. The molecule has 2 aromatic carbocycles. The predicted molar refractivity (Wildman–Crippen MR) is 125 cm³/mol. The molecule has 9 nitrogen and oxygen atoms in total. The van der Waals surface area contributed by atoms with Gasteiger partial charge in [0.25, 0.3) is 5.91 Å². The van der Waals surface area contributed by atoms with Crippen molar-refractivity contribution in [3.05, 3.63) is 89.0 Å². The largest absolute Gasteiger partial charge is 0.480 e. The molecule has 0 saturated heterocycles. The minimum absolute atomic E-state index is 0.182. The molecule has 0 bridgehead atoms. The maximum Gasteiger partial charge on any atom is 0.326 e. The molecule has 0 spiro atoms. The summed E-state index contributed by atoms with van der Waals surface area (Å²) in [5, 5.41) is 21.8. The third-order valence-electron chi connectivity index (χ3n) is 5.26. The number of carboxylic acid groups (broad SMARTS) is 1. The number of aromatic amines is 1. The Morgan fingerprint density at radius 3 is 2.18 bits per heavy atom. The van der Waals surface area contributed by atoms with E-state index in [0.717, 1.165) is 11.1 Å². The van der Waals surface area contributed by atoms with E-state index in [4.69, 9.17) is 11.1 Å². The van der Waals surface area contributed by atoms with Crippen molar-refractivity contribution in [2.24, 2.45) is 5.73 Å². The summed E-state index contributed by atoms with van der Waals surface area (Å²) in [6, 6.07) is 18.6. The number of nitrogens with two attached hydrogens (primary N) is 1. The Hall–Kier alpha value is -4.14. The molecule has 0 unspecified atom stereocenters. The monoisotopic (exact) mass is 448 g/mol. The molecule has 3 rings (SSSR count). The van der Waals surface area contributed by atoms with Gasteiger partial charge in [0.2, 0.25) is 0 Å². The number of nitrogens with zero attached hydrogens (tertiary/aromatic N) is 1. The minimum atomic E-state index is -1.13. The Morgan fingerprint density at radius 1 is 1.09 bits per heavy atom. The average molecular weight is 449 g/mol. The fourth-order valence-electron chi connectivity index (χ4n) is 3.66. The number of nitrogens with one attached hydrogen (secondary N) is 4. The van der Waals surface area contributed by atoms with Crippen LogP contribution in [0.25, 0.3) is 0 Å². The van der Waals surface area contributed by atoms with Crippen LogP contribution in [0, 0.1) is 12.3 Å². The van der Waals surface area contributed by atoms with Gasteiger partial charge >= 0.3 is 5.97 Å². The first-order valence-corrected chi connectivity index (χ1v) is 10.6. The number of benzene rings is 2. The van der Waals surface area contributed by atoms with Gasteiger partial charge in [0, 0.05) is 6.54 Å². The van der Waals surface area contributed by atoms with Gasteiger partial charge in [0.15, 0.2) is 5.96 Å². The van der Waals surface area contributed by atoms with Crippen molar-refractivity contribution < 1.29 is 14.7 Å². The van der Waals surface area contributed by atoms with E-state index in [1.165, 1.54) is 0 Å². The smallest absolute Gasteiger partial charge is 0.326 e. The number of aryl methyl sites for hydroxylation is 1. The molecule has 172 valence electrons. The highest BCUT2D eigenvalue weighted by Gasteiger charge is 2.26. The van der Waals surface area contributed by atoms with E-state index < -0.39 is 17.9 Å². The maximum absolute atomic E-state index is 12.9. The molecule has 0 aliphatic carbocycles. The Bertz CT molecular complexity index is 1060. The third-order valence-corrected chi connectivity index (χ3v) is 5.26. The number of aromatic nitrogens is 2. The number of H-pyrrole nitrogens is 1. The number of aliphatic carboxylic acids is 1. The van der Waals surface area contributed by atoms with Crippen LogP contribution < -0.4 is 16.4 Å². The standard InChI is InChI=1S/C24H28N6O3/c1-15-20(22(31)29-18(23(32)33)13-8-14-27-24(25)26)30-21(28-15)19(16-9-4-2-5-10-16)17-11-6-3-7-12-17/h2-7,9-12,18-19H,8,13-14H2,1H3,(H,28,30)(H,29,31)(H,32,33)(H4,25,26,27)/t18-/m0/s1. The second-order valence-electron chi connectivity index (χ2n) is 7.68. The SMILES string of the molecule is Cc1nc(C(c2ccccc2)c2ccccc2)[nH]c1C(=O)N[C@@H](CCCNC(=N)N)C(=O)O. The second kappa shape index (κ2) is 10.9. The lowest BCUT2D eigenvalue weighted by atomic mass is 9.91. The van der Waals surface area contributed by atoms with Crippen LogP contribution >= 0.6 is 0 Å². The van der Waals surface area contributed by atoms with E-state index in [2.05, 4.69) is 20.6 Å². The Labute approximate surface area is 192 Å². The molecule has 0 aliphatic heterocycles. The Morgan fingerprint density at radius 2 is 1.67 bits per heavy atom. The van der Waals surface area contributed by atoms with Crippen LogP contribution in [-0.2, 0) is 4.79 Å². The zero-order valence-corrected chi connectivity index (χ0v) is 18.3. The molecule has 1 aromatic heterocycles. The van der Waals surface area contributed by atoms with E-state index in [1.54, 1.807) is 6.92 Å². The van der Waals surface area contributed by atoms with Crippen molar-refractivity contribution in [3.8, 4) is 0 Å². The molecule has 33 heavy (non-hydrogen) atoms. The summed E-state index contributed by atoms with van der Waals surface area (Å²) in [4.78, 5) is 32.3. The molecule has 1 amide bonds. The number of amides is 1. The molecule has 1 heterocycles. The highest BCUT2D eigenvalue weighted by Crippen LogP contribution is 2.30. The zero-order chi connectivity index (χ0) is 23.8. The van der Waals surface area contributed by atoms with Gasteiger partial charge in [-0.2, -0.15) is 0 Å². The van der Waals surface area contributed by atoms with Crippen LogP contribution in [-0.4, -0.2) is 45.5 Å². The number of imidazole rings is 1. The highest BCUT2D eigenvalue weighted by molar-refractivity contribution is 5.96. The number of hydrogen-bond donors (Lipinski definition) is 6. The lowest BCUT2D eigenvalue weighted by Crippen LogP contribution is -2.42. The van der Waals surface area contributed by atoms with Crippen molar-refractivity contribution in [2.45, 2.75) is 31.7 Å². The Kier molecular flexibility index (Phi) is 7.80. The first kappa shape index (κ1) is 23.5. The van der Waals surface area contributed by atoms with Crippen LogP contribution in [0.2, 0.25) is 0 Å². The molecule has 0 fully saturated rings. The van der Waals surface area contributed by atoms with Crippen molar-refractivity contribution in [2.75, 3.05) is 6.54 Å². The van der Waals surface area contributed by atoms with Crippen LogP contribution in [0.5, 0.6) is 0 Å². The predicted octanol–water partition coefficient (Wildman–Crippen LogP) is 2.34. The number of carboxylic acids is 1. The van der Waals surface area contributed by atoms with Crippen molar-refractivity contribution in [1.82, 2.24) is 20.6 Å². The summed E-state index contributed by atoms with van der Waals surface area (Å²) in [6.07, 6.45) is 0.617. The van der Waals surface area contributed by atoms with Crippen LogP contribution in [0.1, 0.15) is 51.9 Å². The molecule has 0 aliphatic rings. The van der Waals surface area contributed by atoms with Crippen LogP contribution in [0.15, 0.2) is 60.7 Å². The van der Waals surface area contributed by atoms with Gasteiger partial charge < -0.3 is 26.5 Å². The molecule has 0 radical (unpaired) electrons. The highest BCUT2D eigenvalue weighted by atomic mass is 16.4. The number of hydrogen-bond acceptors (Lipinski definition) is 4.